The number of anilines is 1. The van der Waals surface area contributed by atoms with Crippen molar-refractivity contribution in [2.75, 3.05) is 5.32 Å². The quantitative estimate of drug-likeness (QED) is 0.901. The van der Waals surface area contributed by atoms with Crippen LogP contribution < -0.4 is 5.32 Å². The third-order valence-electron chi connectivity index (χ3n) is 2.75. The summed E-state index contributed by atoms with van der Waals surface area (Å²) in [4.78, 5) is 23.8. The maximum absolute atomic E-state index is 12.1. The lowest BCUT2D eigenvalue weighted by atomic mass is 10.0. The van der Waals surface area contributed by atoms with Crippen LogP contribution in [0.4, 0.5) is 5.69 Å². The molecule has 1 amide bonds. The Balaban J connectivity index is 2.38. The Bertz CT molecular complexity index is 694. The summed E-state index contributed by atoms with van der Waals surface area (Å²) in [6.07, 6.45) is 0. The molecule has 0 fully saturated rings. The van der Waals surface area contributed by atoms with Crippen LogP contribution in [-0.4, -0.2) is 17.0 Å². The number of carbonyl (C=O) groups excluding carboxylic acids is 1. The third kappa shape index (κ3) is 3.00. The lowest BCUT2D eigenvalue weighted by Gasteiger charge is -2.12. The van der Waals surface area contributed by atoms with Gasteiger partial charge in [-0.3, -0.25) is 4.79 Å². The Hall–Kier alpha value is -1.85. The monoisotopic (exact) mass is 309 g/mol. The van der Waals surface area contributed by atoms with Crippen LogP contribution >= 0.6 is 22.9 Å². The van der Waals surface area contributed by atoms with Crippen LogP contribution in [0.15, 0.2) is 24.3 Å². The lowest BCUT2D eigenvalue weighted by molar-refractivity contribution is 0.0698. The molecule has 0 unspecified atom stereocenters. The normalized spacial score (nSPS) is 10.3. The van der Waals surface area contributed by atoms with Crippen molar-refractivity contribution >= 4 is 40.5 Å². The summed E-state index contributed by atoms with van der Waals surface area (Å²) in [5.41, 5.74) is 1.94. The SMILES string of the molecule is Cc1cc(C)c(NC(=O)c2ccc(Cl)s2)c(C(=O)O)c1. The van der Waals surface area contributed by atoms with E-state index in [9.17, 15) is 14.7 Å². The van der Waals surface area contributed by atoms with Crippen molar-refractivity contribution in [2.24, 2.45) is 0 Å². The molecule has 0 atom stereocenters. The average Bonchev–Trinajstić information content (AvgIpc) is 2.78. The highest BCUT2D eigenvalue weighted by Gasteiger charge is 2.17. The number of hydrogen-bond donors (Lipinski definition) is 2. The van der Waals surface area contributed by atoms with Gasteiger partial charge in [0.15, 0.2) is 0 Å². The fraction of sp³-hybridized carbons (Fsp3) is 0.143. The van der Waals surface area contributed by atoms with Crippen molar-refractivity contribution in [2.45, 2.75) is 13.8 Å². The standard InChI is InChI=1S/C14H12ClNO3S/c1-7-5-8(2)12(9(6-7)14(18)19)16-13(17)10-3-4-11(15)20-10/h3-6H,1-2H3,(H,16,17)(H,18,19). The van der Waals surface area contributed by atoms with E-state index >= 15 is 0 Å². The van der Waals surface area contributed by atoms with Gasteiger partial charge in [0.2, 0.25) is 0 Å². The van der Waals surface area contributed by atoms with Crippen LogP contribution in [0, 0.1) is 13.8 Å². The molecule has 0 aliphatic carbocycles. The number of benzene rings is 1. The first kappa shape index (κ1) is 14.6. The Kier molecular flexibility index (Phi) is 4.11. The second-order valence-electron chi connectivity index (χ2n) is 4.37. The van der Waals surface area contributed by atoms with Crippen molar-refractivity contribution in [1.82, 2.24) is 0 Å². The molecule has 2 aromatic rings. The number of carboxylic acids is 1. The summed E-state index contributed by atoms with van der Waals surface area (Å²) >= 11 is 6.93. The summed E-state index contributed by atoms with van der Waals surface area (Å²) in [6.45, 7) is 3.57. The van der Waals surface area contributed by atoms with Crippen molar-refractivity contribution in [3.05, 3.63) is 50.2 Å². The molecule has 20 heavy (non-hydrogen) atoms. The number of aryl methyl sites for hydroxylation is 2. The number of nitrogens with one attached hydrogen (secondary N) is 1. The number of thiophene rings is 1. The predicted molar refractivity (Wildman–Crippen MR) is 80.2 cm³/mol. The average molecular weight is 310 g/mol. The fourth-order valence-corrected chi connectivity index (χ4v) is 2.85. The Morgan fingerprint density at radius 2 is 1.95 bits per heavy atom. The molecule has 0 saturated carbocycles. The van der Waals surface area contributed by atoms with E-state index in [4.69, 9.17) is 11.6 Å². The minimum Gasteiger partial charge on any atom is -0.478 e. The zero-order chi connectivity index (χ0) is 14.9. The molecule has 2 rings (SSSR count). The van der Waals surface area contributed by atoms with Crippen LogP contribution in [0.25, 0.3) is 0 Å². The second-order valence-corrected chi connectivity index (χ2v) is 6.08. The number of amides is 1. The van der Waals surface area contributed by atoms with E-state index in [-0.39, 0.29) is 11.5 Å². The van der Waals surface area contributed by atoms with Crippen LogP contribution in [0.3, 0.4) is 0 Å². The molecule has 104 valence electrons. The van der Waals surface area contributed by atoms with Crippen LogP contribution in [-0.2, 0) is 0 Å². The molecule has 1 aromatic carbocycles. The molecule has 0 aliphatic heterocycles. The summed E-state index contributed by atoms with van der Waals surface area (Å²) in [7, 11) is 0. The topological polar surface area (TPSA) is 66.4 Å². The Morgan fingerprint density at radius 1 is 1.25 bits per heavy atom. The van der Waals surface area contributed by atoms with Gasteiger partial charge in [-0.05, 0) is 43.2 Å². The van der Waals surface area contributed by atoms with Crippen LogP contribution in [0.2, 0.25) is 4.34 Å². The van der Waals surface area contributed by atoms with Gasteiger partial charge in [-0.2, -0.15) is 0 Å². The van der Waals surface area contributed by atoms with E-state index in [0.717, 1.165) is 16.9 Å². The first-order chi connectivity index (χ1) is 9.38. The molecule has 0 saturated heterocycles. The molecule has 0 aliphatic rings. The van der Waals surface area contributed by atoms with Crippen molar-refractivity contribution < 1.29 is 14.7 Å². The van der Waals surface area contributed by atoms with E-state index in [1.165, 1.54) is 6.07 Å². The van der Waals surface area contributed by atoms with Gasteiger partial charge in [0.1, 0.15) is 0 Å². The number of rotatable bonds is 3. The van der Waals surface area contributed by atoms with Gasteiger partial charge >= 0.3 is 5.97 Å². The summed E-state index contributed by atoms with van der Waals surface area (Å²) in [5, 5.41) is 11.9. The van der Waals surface area contributed by atoms with Crippen LogP contribution in [0.1, 0.15) is 31.2 Å². The molecule has 0 spiro atoms. The van der Waals surface area contributed by atoms with Crippen molar-refractivity contribution in [3.63, 3.8) is 0 Å². The molecule has 1 heterocycles. The van der Waals surface area contributed by atoms with E-state index in [0.29, 0.717) is 20.5 Å². The number of carbonyl (C=O) groups is 2. The first-order valence-corrected chi connectivity index (χ1v) is 6.99. The third-order valence-corrected chi connectivity index (χ3v) is 3.98. The van der Waals surface area contributed by atoms with Crippen molar-refractivity contribution in [1.29, 1.82) is 0 Å². The van der Waals surface area contributed by atoms with Gasteiger partial charge in [0.25, 0.3) is 5.91 Å². The molecular formula is C14H12ClNO3S. The highest BCUT2D eigenvalue weighted by molar-refractivity contribution is 7.18. The van der Waals surface area contributed by atoms with Gasteiger partial charge in [0, 0.05) is 0 Å². The zero-order valence-electron chi connectivity index (χ0n) is 10.9. The fourth-order valence-electron chi connectivity index (χ4n) is 1.91. The first-order valence-electron chi connectivity index (χ1n) is 5.79. The summed E-state index contributed by atoms with van der Waals surface area (Å²) < 4.78 is 0.509. The van der Waals surface area contributed by atoms with Gasteiger partial charge in [0.05, 0.1) is 20.5 Å². The van der Waals surface area contributed by atoms with Gasteiger partial charge in [-0.15, -0.1) is 11.3 Å². The maximum atomic E-state index is 12.1. The molecule has 0 bridgehead atoms. The number of aromatic carboxylic acids is 1. The molecule has 6 heteroatoms. The lowest BCUT2D eigenvalue weighted by Crippen LogP contribution is -2.15. The van der Waals surface area contributed by atoms with E-state index in [1.807, 2.05) is 13.0 Å². The highest BCUT2D eigenvalue weighted by Crippen LogP contribution is 2.26. The Morgan fingerprint density at radius 3 is 2.50 bits per heavy atom. The molecule has 2 N–H and O–H groups in total. The molecular weight excluding hydrogens is 298 g/mol. The van der Waals surface area contributed by atoms with Crippen molar-refractivity contribution in [3.8, 4) is 0 Å². The van der Waals surface area contributed by atoms with E-state index in [1.54, 1.807) is 19.1 Å². The molecule has 4 nitrogen and oxygen atoms in total. The largest absolute Gasteiger partial charge is 0.478 e. The molecule has 1 aromatic heterocycles. The maximum Gasteiger partial charge on any atom is 0.337 e. The summed E-state index contributed by atoms with van der Waals surface area (Å²) in [6, 6.07) is 6.59. The minimum atomic E-state index is -1.07. The van der Waals surface area contributed by atoms with E-state index in [2.05, 4.69) is 5.32 Å². The van der Waals surface area contributed by atoms with Crippen LogP contribution in [0.5, 0.6) is 0 Å². The second kappa shape index (κ2) is 5.64. The van der Waals surface area contributed by atoms with Gasteiger partial charge in [-0.25, -0.2) is 4.79 Å². The minimum absolute atomic E-state index is 0.0819. The highest BCUT2D eigenvalue weighted by atomic mass is 35.5. The van der Waals surface area contributed by atoms with Gasteiger partial charge < -0.3 is 10.4 Å². The zero-order valence-corrected chi connectivity index (χ0v) is 12.4. The number of carboxylic acid groups (broad SMARTS) is 1. The molecule has 0 radical (unpaired) electrons. The predicted octanol–water partition coefficient (Wildman–Crippen LogP) is 3.97. The number of halogens is 1. The Labute approximate surface area is 125 Å². The summed E-state index contributed by atoms with van der Waals surface area (Å²) in [5.74, 6) is -1.44. The number of hydrogen-bond acceptors (Lipinski definition) is 3. The van der Waals surface area contributed by atoms with Gasteiger partial charge in [-0.1, -0.05) is 17.7 Å². The smallest absolute Gasteiger partial charge is 0.337 e. The van der Waals surface area contributed by atoms with E-state index < -0.39 is 5.97 Å².